The standard InChI is InChI=1S/C13H15IN2/c1-8(2)15-13-6-9(3)11-7-10(14)4-5-12(11)16-13/h4-8H,1-3H3,(H,15,16). The minimum atomic E-state index is 0.410. The van der Waals surface area contributed by atoms with Crippen LogP contribution in [-0.2, 0) is 0 Å². The Bertz CT molecular complexity index is 521. The van der Waals surface area contributed by atoms with E-state index in [9.17, 15) is 0 Å². The summed E-state index contributed by atoms with van der Waals surface area (Å²) in [6.45, 7) is 6.37. The fourth-order valence-electron chi connectivity index (χ4n) is 1.74. The van der Waals surface area contributed by atoms with Gasteiger partial charge in [-0.15, -0.1) is 0 Å². The summed E-state index contributed by atoms with van der Waals surface area (Å²) in [5, 5.41) is 4.58. The van der Waals surface area contributed by atoms with Gasteiger partial charge in [-0.3, -0.25) is 0 Å². The van der Waals surface area contributed by atoms with Crippen LogP contribution >= 0.6 is 22.6 Å². The summed E-state index contributed by atoms with van der Waals surface area (Å²) in [5.41, 5.74) is 2.33. The Morgan fingerprint density at radius 1 is 1.25 bits per heavy atom. The first kappa shape index (κ1) is 11.6. The maximum Gasteiger partial charge on any atom is 0.127 e. The molecule has 2 nitrogen and oxygen atoms in total. The molecular formula is C13H15IN2. The largest absolute Gasteiger partial charge is 0.368 e. The zero-order valence-electron chi connectivity index (χ0n) is 9.71. The topological polar surface area (TPSA) is 24.9 Å². The number of anilines is 1. The highest BCUT2D eigenvalue weighted by molar-refractivity contribution is 14.1. The van der Waals surface area contributed by atoms with Gasteiger partial charge in [0.2, 0.25) is 0 Å². The second-order valence-electron chi connectivity index (χ2n) is 4.28. The summed E-state index contributed by atoms with van der Waals surface area (Å²) in [6.07, 6.45) is 0. The Morgan fingerprint density at radius 3 is 2.69 bits per heavy atom. The molecule has 2 rings (SSSR count). The number of aromatic nitrogens is 1. The fourth-order valence-corrected chi connectivity index (χ4v) is 2.23. The molecule has 1 heterocycles. The number of hydrogen-bond donors (Lipinski definition) is 1. The smallest absolute Gasteiger partial charge is 0.127 e. The minimum absolute atomic E-state index is 0.410. The number of fused-ring (bicyclic) bond motifs is 1. The number of pyridine rings is 1. The molecule has 0 fully saturated rings. The molecule has 0 saturated heterocycles. The molecule has 84 valence electrons. The second-order valence-corrected chi connectivity index (χ2v) is 5.53. The third-order valence-corrected chi connectivity index (χ3v) is 3.09. The summed E-state index contributed by atoms with van der Waals surface area (Å²) < 4.78 is 1.25. The van der Waals surface area contributed by atoms with Crippen LogP contribution in [0.3, 0.4) is 0 Å². The maximum atomic E-state index is 4.60. The van der Waals surface area contributed by atoms with Crippen molar-refractivity contribution in [2.75, 3.05) is 5.32 Å². The summed E-state index contributed by atoms with van der Waals surface area (Å²) in [4.78, 5) is 4.60. The van der Waals surface area contributed by atoms with Crippen molar-refractivity contribution >= 4 is 39.3 Å². The van der Waals surface area contributed by atoms with E-state index in [1.54, 1.807) is 0 Å². The molecule has 1 aromatic heterocycles. The molecule has 0 saturated carbocycles. The molecule has 16 heavy (non-hydrogen) atoms. The van der Waals surface area contributed by atoms with Crippen LogP contribution < -0.4 is 5.32 Å². The predicted octanol–water partition coefficient (Wildman–Crippen LogP) is 3.97. The van der Waals surface area contributed by atoms with Crippen LogP contribution in [0.4, 0.5) is 5.82 Å². The molecule has 0 atom stereocenters. The maximum absolute atomic E-state index is 4.60. The number of halogens is 1. The molecule has 0 spiro atoms. The molecule has 0 bridgehead atoms. The summed E-state index contributed by atoms with van der Waals surface area (Å²) in [6, 6.07) is 8.87. The third kappa shape index (κ3) is 2.45. The lowest BCUT2D eigenvalue weighted by Crippen LogP contribution is -2.11. The van der Waals surface area contributed by atoms with Gasteiger partial charge in [-0.1, -0.05) is 0 Å². The van der Waals surface area contributed by atoms with E-state index in [4.69, 9.17) is 0 Å². The van der Waals surface area contributed by atoms with Gasteiger partial charge in [0.25, 0.3) is 0 Å². The van der Waals surface area contributed by atoms with Crippen molar-refractivity contribution in [3.8, 4) is 0 Å². The van der Waals surface area contributed by atoms with Crippen molar-refractivity contribution < 1.29 is 0 Å². The highest BCUT2D eigenvalue weighted by Gasteiger charge is 2.04. The van der Waals surface area contributed by atoms with Crippen LogP contribution in [0, 0.1) is 10.5 Å². The molecule has 2 aromatic rings. The van der Waals surface area contributed by atoms with E-state index in [1.165, 1.54) is 14.5 Å². The minimum Gasteiger partial charge on any atom is -0.368 e. The quantitative estimate of drug-likeness (QED) is 0.845. The Labute approximate surface area is 110 Å². The van der Waals surface area contributed by atoms with Gasteiger partial charge in [0.05, 0.1) is 5.52 Å². The van der Waals surface area contributed by atoms with E-state index in [2.05, 4.69) is 77.9 Å². The first-order chi connectivity index (χ1) is 7.56. The molecule has 0 aliphatic carbocycles. The van der Waals surface area contributed by atoms with E-state index in [1.807, 2.05) is 0 Å². The Balaban J connectivity index is 2.55. The molecule has 1 N–H and O–H groups in total. The number of nitrogens with one attached hydrogen (secondary N) is 1. The number of benzene rings is 1. The molecule has 0 aliphatic heterocycles. The van der Waals surface area contributed by atoms with E-state index < -0.39 is 0 Å². The number of aryl methyl sites for hydroxylation is 1. The van der Waals surface area contributed by atoms with Crippen LogP contribution in [0.1, 0.15) is 19.4 Å². The van der Waals surface area contributed by atoms with Crippen LogP contribution in [0.25, 0.3) is 10.9 Å². The lowest BCUT2D eigenvalue weighted by atomic mass is 10.1. The third-order valence-electron chi connectivity index (χ3n) is 2.41. The highest BCUT2D eigenvalue weighted by Crippen LogP contribution is 2.22. The molecule has 0 amide bonds. The van der Waals surface area contributed by atoms with Crippen molar-refractivity contribution in [2.45, 2.75) is 26.8 Å². The zero-order valence-corrected chi connectivity index (χ0v) is 11.9. The predicted molar refractivity (Wildman–Crippen MR) is 78.0 cm³/mol. The fraction of sp³-hybridized carbons (Fsp3) is 0.308. The van der Waals surface area contributed by atoms with E-state index in [0.717, 1.165) is 11.3 Å². The Hall–Kier alpha value is -0.840. The molecule has 1 aromatic carbocycles. The lowest BCUT2D eigenvalue weighted by molar-refractivity contribution is 0.891. The molecule has 0 radical (unpaired) electrons. The van der Waals surface area contributed by atoms with Gasteiger partial charge in [0, 0.05) is 15.0 Å². The van der Waals surface area contributed by atoms with Crippen molar-refractivity contribution in [3.63, 3.8) is 0 Å². The van der Waals surface area contributed by atoms with E-state index in [0.29, 0.717) is 6.04 Å². The van der Waals surface area contributed by atoms with Gasteiger partial charge >= 0.3 is 0 Å². The van der Waals surface area contributed by atoms with Crippen LogP contribution in [0.2, 0.25) is 0 Å². The monoisotopic (exact) mass is 326 g/mol. The second kappa shape index (κ2) is 4.57. The lowest BCUT2D eigenvalue weighted by Gasteiger charge is -2.11. The average Bonchev–Trinajstić information content (AvgIpc) is 2.18. The van der Waals surface area contributed by atoms with Crippen molar-refractivity contribution in [1.82, 2.24) is 4.98 Å². The van der Waals surface area contributed by atoms with Crippen LogP contribution in [-0.4, -0.2) is 11.0 Å². The summed E-state index contributed by atoms with van der Waals surface area (Å²) in [7, 11) is 0. The van der Waals surface area contributed by atoms with Gasteiger partial charge < -0.3 is 5.32 Å². The van der Waals surface area contributed by atoms with Gasteiger partial charge in [-0.05, 0) is 73.2 Å². The van der Waals surface area contributed by atoms with Gasteiger partial charge in [0.1, 0.15) is 5.82 Å². The van der Waals surface area contributed by atoms with Crippen molar-refractivity contribution in [1.29, 1.82) is 0 Å². The first-order valence-electron chi connectivity index (χ1n) is 5.39. The molecule has 3 heteroatoms. The van der Waals surface area contributed by atoms with Crippen LogP contribution in [0.15, 0.2) is 24.3 Å². The van der Waals surface area contributed by atoms with E-state index in [-0.39, 0.29) is 0 Å². The van der Waals surface area contributed by atoms with Crippen molar-refractivity contribution in [2.24, 2.45) is 0 Å². The van der Waals surface area contributed by atoms with Crippen LogP contribution in [0.5, 0.6) is 0 Å². The SMILES string of the molecule is Cc1cc(NC(C)C)nc2ccc(I)cc12. The zero-order chi connectivity index (χ0) is 11.7. The summed E-state index contributed by atoms with van der Waals surface area (Å²) in [5.74, 6) is 0.959. The number of rotatable bonds is 2. The van der Waals surface area contributed by atoms with Crippen molar-refractivity contribution in [3.05, 3.63) is 33.4 Å². The summed E-state index contributed by atoms with van der Waals surface area (Å²) >= 11 is 2.33. The first-order valence-corrected chi connectivity index (χ1v) is 6.47. The Kier molecular flexibility index (Phi) is 3.33. The highest BCUT2D eigenvalue weighted by atomic mass is 127. The number of nitrogens with zero attached hydrogens (tertiary/aromatic N) is 1. The Morgan fingerprint density at radius 2 is 2.00 bits per heavy atom. The van der Waals surface area contributed by atoms with Gasteiger partial charge in [0.15, 0.2) is 0 Å². The molecule has 0 aliphatic rings. The van der Waals surface area contributed by atoms with E-state index >= 15 is 0 Å². The average molecular weight is 326 g/mol. The number of hydrogen-bond acceptors (Lipinski definition) is 2. The van der Waals surface area contributed by atoms with Gasteiger partial charge in [-0.25, -0.2) is 4.98 Å². The molecule has 0 unspecified atom stereocenters. The normalized spacial score (nSPS) is 11.1. The molecular weight excluding hydrogens is 311 g/mol. The van der Waals surface area contributed by atoms with Gasteiger partial charge in [-0.2, -0.15) is 0 Å².